The van der Waals surface area contributed by atoms with Gasteiger partial charge in [0.25, 0.3) is 11.8 Å². The Morgan fingerprint density at radius 2 is 1.75 bits per heavy atom. The summed E-state index contributed by atoms with van der Waals surface area (Å²) < 4.78 is 15.8. The minimum absolute atomic E-state index is 0.0640. The van der Waals surface area contributed by atoms with Gasteiger partial charge in [-0.15, -0.1) is 0 Å². The first-order valence-electron chi connectivity index (χ1n) is 10.2. The summed E-state index contributed by atoms with van der Waals surface area (Å²) in [5, 5.41) is 5.68. The van der Waals surface area contributed by atoms with Gasteiger partial charge in [-0.05, 0) is 42.3 Å². The van der Waals surface area contributed by atoms with Crippen molar-refractivity contribution in [3.05, 3.63) is 89.5 Å². The zero-order chi connectivity index (χ0) is 22.9. The molecule has 3 rings (SSSR count). The lowest BCUT2D eigenvalue weighted by Crippen LogP contribution is -2.36. The summed E-state index contributed by atoms with van der Waals surface area (Å²) >= 11 is 0. The van der Waals surface area contributed by atoms with Crippen LogP contribution in [0.25, 0.3) is 6.08 Å². The number of rotatable bonds is 9. The van der Waals surface area contributed by atoms with E-state index >= 15 is 0 Å². The zero-order valence-electron chi connectivity index (χ0n) is 18.3. The first kappa shape index (κ1) is 22.7. The first-order valence-corrected chi connectivity index (χ1v) is 10.2. The Morgan fingerprint density at radius 1 is 1.00 bits per heavy atom. The van der Waals surface area contributed by atoms with Crippen molar-refractivity contribution in [2.75, 3.05) is 14.2 Å². The van der Waals surface area contributed by atoms with Crippen molar-refractivity contribution in [3.63, 3.8) is 0 Å². The largest absolute Gasteiger partial charge is 0.493 e. The van der Waals surface area contributed by atoms with Crippen LogP contribution in [0, 0.1) is 0 Å². The monoisotopic (exact) mass is 434 g/mol. The maximum Gasteiger partial charge on any atom is 0.268 e. The van der Waals surface area contributed by atoms with Crippen molar-refractivity contribution < 1.29 is 23.5 Å². The molecular formula is C25H26N2O5. The van der Waals surface area contributed by atoms with Gasteiger partial charge < -0.3 is 24.5 Å². The minimum Gasteiger partial charge on any atom is -0.493 e. The molecule has 32 heavy (non-hydrogen) atoms. The van der Waals surface area contributed by atoms with E-state index in [2.05, 4.69) is 10.6 Å². The molecule has 0 bridgehead atoms. The summed E-state index contributed by atoms with van der Waals surface area (Å²) in [5.41, 5.74) is 1.36. The normalized spacial score (nSPS) is 12.0. The smallest absolute Gasteiger partial charge is 0.268 e. The summed E-state index contributed by atoms with van der Waals surface area (Å²) in [6, 6.07) is 17.6. The molecule has 0 radical (unpaired) electrons. The zero-order valence-corrected chi connectivity index (χ0v) is 18.3. The Labute approximate surface area is 187 Å². The van der Waals surface area contributed by atoms with Crippen LogP contribution < -0.4 is 20.1 Å². The highest BCUT2D eigenvalue weighted by molar-refractivity contribution is 6.05. The Morgan fingerprint density at radius 3 is 2.38 bits per heavy atom. The summed E-state index contributed by atoms with van der Waals surface area (Å²) in [6.45, 7) is 1.98. The molecular weight excluding hydrogens is 408 g/mol. The van der Waals surface area contributed by atoms with Gasteiger partial charge in [0.05, 0.1) is 26.5 Å². The molecule has 0 unspecified atom stereocenters. The van der Waals surface area contributed by atoms with Crippen LogP contribution in [0.15, 0.2) is 77.0 Å². The molecule has 3 aromatic rings. The van der Waals surface area contributed by atoms with Crippen LogP contribution in [0.5, 0.6) is 11.5 Å². The van der Waals surface area contributed by atoms with E-state index in [1.54, 1.807) is 30.3 Å². The summed E-state index contributed by atoms with van der Waals surface area (Å²) in [7, 11) is 3.01. The number of furan rings is 1. The molecule has 0 aliphatic heterocycles. The SMILES string of the molecule is CC[C@@H](NC(=O)/C(=C/c1ccco1)NC(=O)c1ccc(OC)c(OC)c1)c1ccccc1. The third kappa shape index (κ3) is 5.57. The highest BCUT2D eigenvalue weighted by atomic mass is 16.5. The number of hydrogen-bond donors (Lipinski definition) is 2. The van der Waals surface area contributed by atoms with Crippen LogP contribution in [0.1, 0.15) is 41.1 Å². The number of ether oxygens (including phenoxy) is 2. The van der Waals surface area contributed by atoms with Crippen molar-refractivity contribution in [2.24, 2.45) is 0 Å². The number of hydrogen-bond acceptors (Lipinski definition) is 5. The molecule has 0 saturated heterocycles. The molecule has 1 aromatic heterocycles. The standard InChI is InChI=1S/C25H26N2O5/c1-4-20(17-9-6-5-7-10-17)26-25(29)21(16-19-11-8-14-32-19)27-24(28)18-12-13-22(30-2)23(15-18)31-3/h5-16,20H,4H2,1-3H3,(H,26,29)(H,27,28)/b21-16-/t20-/m1/s1. The molecule has 0 aliphatic carbocycles. The summed E-state index contributed by atoms with van der Waals surface area (Å²) in [5.74, 6) is 0.464. The molecule has 2 N–H and O–H groups in total. The molecule has 1 heterocycles. The molecule has 0 saturated carbocycles. The van der Waals surface area contributed by atoms with Crippen molar-refractivity contribution >= 4 is 17.9 Å². The number of benzene rings is 2. The predicted molar refractivity (Wildman–Crippen MR) is 121 cm³/mol. The fourth-order valence-corrected chi connectivity index (χ4v) is 3.19. The third-order valence-corrected chi connectivity index (χ3v) is 4.88. The van der Waals surface area contributed by atoms with Crippen LogP contribution in [-0.4, -0.2) is 26.0 Å². The van der Waals surface area contributed by atoms with E-state index in [9.17, 15) is 9.59 Å². The van der Waals surface area contributed by atoms with Crippen LogP contribution >= 0.6 is 0 Å². The summed E-state index contributed by atoms with van der Waals surface area (Å²) in [6.07, 6.45) is 3.68. The van der Waals surface area contributed by atoms with Gasteiger partial charge in [0, 0.05) is 11.6 Å². The molecule has 2 aromatic carbocycles. The molecule has 7 heteroatoms. The van der Waals surface area contributed by atoms with Gasteiger partial charge in [-0.25, -0.2) is 0 Å². The van der Waals surface area contributed by atoms with Crippen molar-refractivity contribution in [1.82, 2.24) is 10.6 Å². The van der Waals surface area contributed by atoms with Gasteiger partial charge in [-0.2, -0.15) is 0 Å². The van der Waals surface area contributed by atoms with Gasteiger partial charge in [-0.1, -0.05) is 37.3 Å². The number of amides is 2. The molecule has 1 atom stereocenters. The van der Waals surface area contributed by atoms with E-state index in [0.717, 1.165) is 5.56 Å². The Kier molecular flexibility index (Phi) is 7.70. The lowest BCUT2D eigenvalue weighted by atomic mass is 10.0. The second-order valence-electron chi connectivity index (χ2n) is 6.94. The number of carbonyl (C=O) groups is 2. The van der Waals surface area contributed by atoms with Gasteiger partial charge in [0.15, 0.2) is 11.5 Å². The highest BCUT2D eigenvalue weighted by Gasteiger charge is 2.20. The topological polar surface area (TPSA) is 89.8 Å². The predicted octanol–water partition coefficient (Wildman–Crippen LogP) is 4.34. The van der Waals surface area contributed by atoms with E-state index in [1.165, 1.54) is 26.6 Å². The third-order valence-electron chi connectivity index (χ3n) is 4.88. The van der Waals surface area contributed by atoms with E-state index in [4.69, 9.17) is 13.9 Å². The second-order valence-corrected chi connectivity index (χ2v) is 6.94. The van der Waals surface area contributed by atoms with Crippen LogP contribution in [0.2, 0.25) is 0 Å². The highest BCUT2D eigenvalue weighted by Crippen LogP contribution is 2.27. The summed E-state index contributed by atoms with van der Waals surface area (Å²) in [4.78, 5) is 26.0. The van der Waals surface area contributed by atoms with E-state index in [1.807, 2.05) is 37.3 Å². The van der Waals surface area contributed by atoms with Gasteiger partial charge >= 0.3 is 0 Å². The average Bonchev–Trinajstić information content (AvgIpc) is 3.35. The van der Waals surface area contributed by atoms with Crippen LogP contribution in [0.3, 0.4) is 0 Å². The van der Waals surface area contributed by atoms with Gasteiger partial charge in [0.2, 0.25) is 0 Å². The van der Waals surface area contributed by atoms with Gasteiger partial charge in [0.1, 0.15) is 11.5 Å². The number of nitrogens with one attached hydrogen (secondary N) is 2. The lowest BCUT2D eigenvalue weighted by Gasteiger charge is -2.19. The Bertz CT molecular complexity index is 1070. The maximum absolute atomic E-state index is 13.1. The lowest BCUT2D eigenvalue weighted by molar-refractivity contribution is -0.118. The molecule has 166 valence electrons. The maximum atomic E-state index is 13.1. The quantitative estimate of drug-likeness (QED) is 0.489. The van der Waals surface area contributed by atoms with Crippen LogP contribution in [-0.2, 0) is 4.79 Å². The Balaban J connectivity index is 1.85. The van der Waals surface area contributed by atoms with Crippen LogP contribution in [0.4, 0.5) is 0 Å². The number of carbonyl (C=O) groups excluding carboxylic acids is 2. The van der Waals surface area contributed by atoms with Crippen molar-refractivity contribution in [1.29, 1.82) is 0 Å². The number of methoxy groups -OCH3 is 2. The van der Waals surface area contributed by atoms with E-state index < -0.39 is 11.8 Å². The molecule has 2 amide bonds. The van der Waals surface area contributed by atoms with Gasteiger partial charge in [-0.3, -0.25) is 9.59 Å². The molecule has 0 aliphatic rings. The molecule has 0 spiro atoms. The molecule has 7 nitrogen and oxygen atoms in total. The molecule has 0 fully saturated rings. The van der Waals surface area contributed by atoms with E-state index in [-0.39, 0.29) is 11.7 Å². The Hall–Kier alpha value is -4.00. The fraction of sp³-hybridized carbons (Fsp3) is 0.200. The second kappa shape index (κ2) is 10.9. The average molecular weight is 434 g/mol. The fourth-order valence-electron chi connectivity index (χ4n) is 3.19. The minimum atomic E-state index is -0.466. The van der Waals surface area contributed by atoms with Crippen molar-refractivity contribution in [3.8, 4) is 11.5 Å². The van der Waals surface area contributed by atoms with Crippen molar-refractivity contribution in [2.45, 2.75) is 19.4 Å². The van der Waals surface area contributed by atoms with E-state index in [0.29, 0.717) is 29.2 Å². The first-order chi connectivity index (χ1) is 15.5.